The summed E-state index contributed by atoms with van der Waals surface area (Å²) in [6.45, 7) is 2.21. The second kappa shape index (κ2) is 6.33. The Labute approximate surface area is 124 Å². The number of hydrogen-bond acceptors (Lipinski definition) is 2. The highest BCUT2D eigenvalue weighted by Crippen LogP contribution is 2.30. The molecule has 0 atom stereocenters. The molecule has 0 bridgehead atoms. The molecule has 0 saturated heterocycles. The van der Waals surface area contributed by atoms with Crippen LogP contribution in [0, 0.1) is 18.6 Å². The van der Waals surface area contributed by atoms with Gasteiger partial charge in [0.05, 0.1) is 0 Å². The maximum atomic E-state index is 13.9. The highest BCUT2D eigenvalue weighted by Gasteiger charge is 2.14. The lowest BCUT2D eigenvalue weighted by molar-refractivity contribution is 0.406. The van der Waals surface area contributed by atoms with E-state index in [1.807, 2.05) is 6.92 Å². The molecule has 0 aliphatic rings. The molecule has 0 saturated carbocycles. The Morgan fingerprint density at radius 1 is 1.15 bits per heavy atom. The molecular weight excluding hydrogens is 328 g/mol. The molecule has 0 aromatic heterocycles. The van der Waals surface area contributed by atoms with Crippen LogP contribution in [0.25, 0.3) is 0 Å². The van der Waals surface area contributed by atoms with E-state index in [0.29, 0.717) is 24.3 Å². The van der Waals surface area contributed by atoms with E-state index in [0.717, 1.165) is 10.0 Å². The van der Waals surface area contributed by atoms with E-state index < -0.39 is 17.4 Å². The Morgan fingerprint density at radius 2 is 1.80 bits per heavy atom. The van der Waals surface area contributed by atoms with Crippen molar-refractivity contribution in [3.8, 4) is 11.5 Å². The third-order valence-electron chi connectivity index (χ3n) is 2.84. The van der Waals surface area contributed by atoms with Gasteiger partial charge in [-0.25, -0.2) is 8.78 Å². The number of aryl methyl sites for hydroxylation is 1. The highest BCUT2D eigenvalue weighted by molar-refractivity contribution is 9.10. The molecule has 0 aliphatic heterocycles. The summed E-state index contributed by atoms with van der Waals surface area (Å²) in [5, 5.41) is 0. The van der Waals surface area contributed by atoms with Gasteiger partial charge in [-0.2, -0.15) is 0 Å². The quantitative estimate of drug-likeness (QED) is 0.898. The Kier molecular flexibility index (Phi) is 4.73. The topological polar surface area (TPSA) is 35.2 Å². The fourth-order valence-corrected chi connectivity index (χ4v) is 2.07. The normalized spacial score (nSPS) is 10.7. The lowest BCUT2D eigenvalue weighted by Gasteiger charge is -2.10. The minimum atomic E-state index is -0.728. The van der Waals surface area contributed by atoms with E-state index in [-0.39, 0.29) is 0 Å². The number of ether oxygens (including phenoxy) is 1. The van der Waals surface area contributed by atoms with E-state index in [4.69, 9.17) is 10.5 Å². The molecule has 2 N–H and O–H groups in total. The van der Waals surface area contributed by atoms with Gasteiger partial charge in [-0.3, -0.25) is 0 Å². The molecule has 106 valence electrons. The van der Waals surface area contributed by atoms with Crippen LogP contribution in [0.4, 0.5) is 8.78 Å². The zero-order valence-electron chi connectivity index (χ0n) is 10.9. The van der Waals surface area contributed by atoms with E-state index in [1.54, 1.807) is 18.2 Å². The Morgan fingerprint density at radius 3 is 2.35 bits per heavy atom. The van der Waals surface area contributed by atoms with Crippen LogP contribution in [0.1, 0.15) is 11.1 Å². The average Bonchev–Trinajstić information content (AvgIpc) is 2.38. The van der Waals surface area contributed by atoms with Gasteiger partial charge in [0, 0.05) is 4.47 Å². The van der Waals surface area contributed by atoms with Crippen molar-refractivity contribution in [2.24, 2.45) is 5.73 Å². The van der Waals surface area contributed by atoms with Crippen molar-refractivity contribution in [1.82, 2.24) is 0 Å². The third-order valence-corrected chi connectivity index (χ3v) is 3.73. The summed E-state index contributed by atoms with van der Waals surface area (Å²) in [5.74, 6) is -1.47. The Bertz CT molecular complexity index is 608. The Balaban J connectivity index is 2.31. The van der Waals surface area contributed by atoms with Crippen LogP contribution in [-0.4, -0.2) is 6.54 Å². The predicted molar refractivity (Wildman–Crippen MR) is 78.1 cm³/mol. The fourth-order valence-electron chi connectivity index (χ4n) is 1.82. The van der Waals surface area contributed by atoms with Crippen LogP contribution in [0.2, 0.25) is 0 Å². The van der Waals surface area contributed by atoms with Crippen molar-refractivity contribution in [2.45, 2.75) is 13.3 Å². The molecule has 0 spiro atoms. The molecule has 2 nitrogen and oxygen atoms in total. The molecule has 0 amide bonds. The van der Waals surface area contributed by atoms with Crippen molar-refractivity contribution in [3.05, 3.63) is 57.6 Å². The van der Waals surface area contributed by atoms with Crippen LogP contribution in [0.5, 0.6) is 11.5 Å². The predicted octanol–water partition coefficient (Wildman–Crippen LogP) is 4.33. The molecule has 2 aromatic carbocycles. The summed E-state index contributed by atoms with van der Waals surface area (Å²) >= 11 is 3.35. The summed E-state index contributed by atoms with van der Waals surface area (Å²) in [6, 6.07) is 7.61. The van der Waals surface area contributed by atoms with Crippen LogP contribution in [0.3, 0.4) is 0 Å². The number of rotatable bonds is 4. The molecule has 2 aromatic rings. The van der Waals surface area contributed by atoms with Gasteiger partial charge < -0.3 is 10.5 Å². The maximum absolute atomic E-state index is 13.9. The largest absolute Gasteiger partial charge is 0.451 e. The number of hydrogen-bond donors (Lipinski definition) is 1. The van der Waals surface area contributed by atoms with Crippen LogP contribution < -0.4 is 10.5 Å². The van der Waals surface area contributed by atoms with Gasteiger partial charge in [-0.05, 0) is 61.3 Å². The van der Waals surface area contributed by atoms with Crippen molar-refractivity contribution < 1.29 is 13.5 Å². The summed E-state index contributed by atoms with van der Waals surface area (Å²) in [6.07, 6.45) is 0.422. The van der Waals surface area contributed by atoms with Crippen molar-refractivity contribution >= 4 is 15.9 Å². The minimum absolute atomic E-state index is 0.338. The van der Waals surface area contributed by atoms with Gasteiger partial charge in [0.2, 0.25) is 0 Å². The first kappa shape index (κ1) is 14.9. The first-order valence-electron chi connectivity index (χ1n) is 6.13. The van der Waals surface area contributed by atoms with Gasteiger partial charge >= 0.3 is 0 Å². The smallest absolute Gasteiger partial charge is 0.198 e. The highest BCUT2D eigenvalue weighted by atomic mass is 79.9. The lowest BCUT2D eigenvalue weighted by atomic mass is 10.1. The second-order valence-electron chi connectivity index (χ2n) is 4.44. The first-order valence-corrected chi connectivity index (χ1v) is 6.92. The summed E-state index contributed by atoms with van der Waals surface area (Å²) in [7, 11) is 0. The molecule has 2 rings (SSSR count). The van der Waals surface area contributed by atoms with Crippen molar-refractivity contribution in [2.75, 3.05) is 6.54 Å². The standard InChI is InChI=1S/C15H14BrF2NO/c1-9-6-11(2-3-12(9)16)20-15-13(17)7-10(4-5-19)8-14(15)18/h2-3,6-8H,4-5,19H2,1H3. The summed E-state index contributed by atoms with van der Waals surface area (Å²) in [5.41, 5.74) is 6.81. The van der Waals surface area contributed by atoms with Crippen molar-refractivity contribution in [1.29, 1.82) is 0 Å². The number of nitrogens with two attached hydrogens (primary N) is 1. The molecular formula is C15H14BrF2NO. The van der Waals surface area contributed by atoms with Crippen molar-refractivity contribution in [3.63, 3.8) is 0 Å². The zero-order chi connectivity index (χ0) is 14.7. The van der Waals surface area contributed by atoms with Crippen LogP contribution in [-0.2, 0) is 6.42 Å². The summed E-state index contributed by atoms with van der Waals surface area (Å²) < 4.78 is 34.0. The van der Waals surface area contributed by atoms with E-state index in [9.17, 15) is 8.78 Å². The van der Waals surface area contributed by atoms with Crippen LogP contribution in [0.15, 0.2) is 34.8 Å². The molecule has 0 fully saturated rings. The fraction of sp³-hybridized carbons (Fsp3) is 0.200. The number of halogens is 3. The second-order valence-corrected chi connectivity index (χ2v) is 5.29. The zero-order valence-corrected chi connectivity index (χ0v) is 12.5. The van der Waals surface area contributed by atoms with Crippen LogP contribution >= 0.6 is 15.9 Å². The van der Waals surface area contributed by atoms with Gasteiger partial charge in [-0.15, -0.1) is 0 Å². The van der Waals surface area contributed by atoms with E-state index in [2.05, 4.69) is 15.9 Å². The van der Waals surface area contributed by atoms with Gasteiger partial charge in [0.15, 0.2) is 17.4 Å². The molecule has 0 heterocycles. The first-order chi connectivity index (χ1) is 9.51. The average molecular weight is 342 g/mol. The SMILES string of the molecule is Cc1cc(Oc2c(F)cc(CCN)cc2F)ccc1Br. The molecule has 0 unspecified atom stereocenters. The Hall–Kier alpha value is -1.46. The van der Waals surface area contributed by atoms with Gasteiger partial charge in [-0.1, -0.05) is 15.9 Å². The lowest BCUT2D eigenvalue weighted by Crippen LogP contribution is -2.04. The minimum Gasteiger partial charge on any atom is -0.451 e. The number of benzene rings is 2. The third kappa shape index (κ3) is 3.35. The van der Waals surface area contributed by atoms with E-state index >= 15 is 0 Å². The molecule has 0 aliphatic carbocycles. The van der Waals surface area contributed by atoms with Gasteiger partial charge in [0.1, 0.15) is 5.75 Å². The molecule has 20 heavy (non-hydrogen) atoms. The maximum Gasteiger partial charge on any atom is 0.198 e. The summed E-state index contributed by atoms with van der Waals surface area (Å²) in [4.78, 5) is 0. The van der Waals surface area contributed by atoms with Gasteiger partial charge in [0.25, 0.3) is 0 Å². The van der Waals surface area contributed by atoms with E-state index in [1.165, 1.54) is 12.1 Å². The molecule has 5 heteroatoms. The molecule has 0 radical (unpaired) electrons. The monoisotopic (exact) mass is 341 g/mol.